The number of para-hydroxylation sites is 5. The molecule has 4 aliphatic rings. The molecular weight excluding hydrogens is 1340 g/mol. The Morgan fingerprint density at radius 3 is 1.06 bits per heavy atom. The maximum absolute atomic E-state index is 2.61. The van der Waals surface area contributed by atoms with Crippen LogP contribution >= 0.6 is 0 Å². The van der Waals surface area contributed by atoms with E-state index in [4.69, 9.17) is 0 Å². The molecule has 506 valence electrons. The summed E-state index contributed by atoms with van der Waals surface area (Å²) in [5.41, 5.74) is 33.3. The minimum atomic E-state index is -0.0616. The predicted octanol–water partition coefficient (Wildman–Crippen LogP) is 23.0. The molecule has 5 nitrogen and oxygen atoms in total. The molecule has 0 fully saturated rings. The van der Waals surface area contributed by atoms with Gasteiger partial charge in [-0.2, -0.15) is 0 Å². The highest BCUT2D eigenvalue weighted by molar-refractivity contribution is 7.02. The molecule has 20 aromatic carbocycles. The zero-order valence-corrected chi connectivity index (χ0v) is 60.0. The van der Waals surface area contributed by atoms with E-state index in [2.05, 4.69) is 381 Å². The molecule has 0 aliphatic carbocycles. The zero-order chi connectivity index (χ0) is 71.7. The third-order valence-electron chi connectivity index (χ3n) is 26.1. The lowest BCUT2D eigenvalue weighted by atomic mass is 9.37. The molecule has 27 rings (SSSR count). The van der Waals surface area contributed by atoms with Gasteiger partial charge in [-0.15, -0.1) is 0 Å². The average molecular weight is 1400 g/mol. The number of hydrogen-bond donors (Lipinski definition) is 0. The second kappa shape index (κ2) is 21.3. The van der Waals surface area contributed by atoms with Crippen molar-refractivity contribution in [2.45, 2.75) is 0 Å². The fourth-order valence-corrected chi connectivity index (χ4v) is 21.7. The molecule has 7 heteroatoms. The number of aromatic nitrogens is 3. The van der Waals surface area contributed by atoms with Crippen LogP contribution in [0.2, 0.25) is 0 Å². The van der Waals surface area contributed by atoms with Gasteiger partial charge in [0, 0.05) is 82.9 Å². The Morgan fingerprint density at radius 1 is 0.189 bits per heavy atom. The number of rotatable bonds is 6. The monoisotopic (exact) mass is 1400 g/mol. The van der Waals surface area contributed by atoms with Crippen LogP contribution in [0.15, 0.2) is 358 Å². The average Bonchev–Trinajstić information content (AvgIpc) is 1.60. The lowest BCUT2D eigenvalue weighted by molar-refractivity contribution is 1.18. The Bertz CT molecular complexity index is 8020. The van der Waals surface area contributed by atoms with Gasteiger partial charge in [-0.25, -0.2) is 0 Å². The Kier molecular flexibility index (Phi) is 11.3. The molecule has 0 spiro atoms. The lowest BCUT2D eigenvalue weighted by Crippen LogP contribution is -2.54. The second-order valence-corrected chi connectivity index (χ2v) is 31.2. The van der Waals surface area contributed by atoms with Gasteiger partial charge in [0.2, 0.25) is 13.4 Å². The molecule has 0 atom stereocenters. The first kappa shape index (κ1) is 58.7. The van der Waals surface area contributed by atoms with Crippen LogP contribution in [-0.2, 0) is 0 Å². The lowest BCUT2D eigenvalue weighted by Gasteiger charge is -2.37. The minimum absolute atomic E-state index is 0.0419. The van der Waals surface area contributed by atoms with Crippen LogP contribution in [0, 0.1) is 0 Å². The molecule has 111 heavy (non-hydrogen) atoms. The van der Waals surface area contributed by atoms with Crippen molar-refractivity contribution >= 4 is 210 Å². The van der Waals surface area contributed by atoms with Gasteiger partial charge in [0.15, 0.2) is 0 Å². The molecule has 0 saturated heterocycles. The smallest absolute Gasteiger partial charge is 0.248 e. The van der Waals surface area contributed by atoms with Crippen molar-refractivity contribution in [3.05, 3.63) is 358 Å². The standard InChI is InChI=1S/C104H59B2N5/c1-6-29-86-72(20-1)73-21-2-7-30-87(73)107(86)67-45-50-71-77-26-14-34-96-103(77)106(83(71)57-67)85-59-69(47-55-95(85)110(96)91-51-42-64-38-36-60-16-11-18-62-40-48-78(91)100(64)98(60)62)109-90-33-10-5-24-76(90)81-56-66(44-53-93(81)109)70-25-13-28-82-102(70)80-27-15-35-97-104(80)105(82)84-58-68(108-88-31-8-3-22-74(88)75-23-4-9-32-89(75)108)46-54-94(84)111(97)92-52-43-65-39-37-61-17-12-19-63-41-49-79(92)101(65)99(61)63/h1-59H. The van der Waals surface area contributed by atoms with Crippen LogP contribution in [0.3, 0.4) is 0 Å². The summed E-state index contributed by atoms with van der Waals surface area (Å²) in [7, 11) is 0. The van der Waals surface area contributed by atoms with E-state index in [0.717, 1.165) is 11.4 Å². The summed E-state index contributed by atoms with van der Waals surface area (Å²) in [6, 6.07) is 137. The van der Waals surface area contributed by atoms with Gasteiger partial charge < -0.3 is 23.5 Å². The van der Waals surface area contributed by atoms with Crippen molar-refractivity contribution in [3.63, 3.8) is 0 Å². The second-order valence-electron chi connectivity index (χ2n) is 31.2. The normalized spacial score (nSPS) is 13.3. The zero-order valence-electron chi connectivity index (χ0n) is 60.0. The van der Waals surface area contributed by atoms with Crippen LogP contribution in [-0.4, -0.2) is 27.1 Å². The summed E-state index contributed by atoms with van der Waals surface area (Å²) in [6.07, 6.45) is 0. The van der Waals surface area contributed by atoms with Gasteiger partial charge in [0.1, 0.15) is 0 Å². The Labute approximate surface area is 638 Å². The number of hydrogen-bond acceptors (Lipinski definition) is 2. The number of anilines is 6. The molecule has 0 unspecified atom stereocenters. The third kappa shape index (κ3) is 7.57. The van der Waals surface area contributed by atoms with Gasteiger partial charge in [-0.3, -0.25) is 0 Å². The quantitative estimate of drug-likeness (QED) is 0.122. The van der Waals surface area contributed by atoms with Gasteiger partial charge in [0.25, 0.3) is 0 Å². The topological polar surface area (TPSA) is 21.3 Å². The van der Waals surface area contributed by atoms with E-state index < -0.39 is 0 Å². The van der Waals surface area contributed by atoms with E-state index in [1.807, 2.05) is 0 Å². The molecule has 7 heterocycles. The molecule has 3 aromatic heterocycles. The third-order valence-corrected chi connectivity index (χ3v) is 26.1. The molecule has 0 N–H and O–H groups in total. The van der Waals surface area contributed by atoms with E-state index in [0.29, 0.717) is 0 Å². The minimum Gasteiger partial charge on any atom is -0.311 e. The summed E-state index contributed by atoms with van der Waals surface area (Å²) >= 11 is 0. The van der Waals surface area contributed by atoms with Crippen LogP contribution in [0.25, 0.3) is 180 Å². The number of benzene rings is 20. The molecule has 0 saturated carbocycles. The molecule has 0 bridgehead atoms. The maximum atomic E-state index is 2.61. The van der Waals surface area contributed by atoms with E-state index >= 15 is 0 Å². The van der Waals surface area contributed by atoms with Crippen molar-refractivity contribution < 1.29 is 0 Å². The fraction of sp³-hybridized carbons (Fsp3) is 0. The van der Waals surface area contributed by atoms with Crippen molar-refractivity contribution in [2.75, 3.05) is 9.80 Å². The largest absolute Gasteiger partial charge is 0.311 e. The summed E-state index contributed by atoms with van der Waals surface area (Å²) < 4.78 is 7.53. The summed E-state index contributed by atoms with van der Waals surface area (Å²) in [5.74, 6) is 0. The first-order chi connectivity index (χ1) is 55.1. The van der Waals surface area contributed by atoms with E-state index in [-0.39, 0.29) is 13.4 Å². The van der Waals surface area contributed by atoms with Gasteiger partial charge >= 0.3 is 0 Å². The van der Waals surface area contributed by atoms with Crippen molar-refractivity contribution in [3.8, 4) is 50.4 Å². The fourth-order valence-electron chi connectivity index (χ4n) is 21.7. The van der Waals surface area contributed by atoms with Gasteiger partial charge in [-0.1, -0.05) is 254 Å². The Morgan fingerprint density at radius 2 is 0.559 bits per heavy atom. The van der Waals surface area contributed by atoms with Gasteiger partial charge in [0.05, 0.1) is 44.5 Å². The van der Waals surface area contributed by atoms with Crippen LogP contribution in [0.4, 0.5) is 34.1 Å². The molecular formula is C104H59B2N5. The van der Waals surface area contributed by atoms with Crippen molar-refractivity contribution in [1.29, 1.82) is 0 Å². The van der Waals surface area contributed by atoms with Crippen molar-refractivity contribution in [1.82, 2.24) is 13.7 Å². The van der Waals surface area contributed by atoms with Crippen molar-refractivity contribution in [2.24, 2.45) is 0 Å². The molecule has 4 aliphatic heterocycles. The highest BCUT2D eigenvalue weighted by Crippen LogP contribution is 2.51. The van der Waals surface area contributed by atoms with Crippen LogP contribution in [0.1, 0.15) is 0 Å². The Hall–Kier alpha value is -14.4. The summed E-state index contributed by atoms with van der Waals surface area (Å²) in [5, 5.41) is 22.8. The molecule has 0 radical (unpaired) electrons. The van der Waals surface area contributed by atoms with E-state index in [1.54, 1.807) is 0 Å². The molecule has 23 aromatic rings. The molecule has 0 amide bonds. The highest BCUT2D eigenvalue weighted by Gasteiger charge is 2.46. The maximum Gasteiger partial charge on any atom is 0.248 e. The van der Waals surface area contributed by atoms with Crippen LogP contribution in [0.5, 0.6) is 0 Å². The first-order valence-corrected chi connectivity index (χ1v) is 38.9. The number of fused-ring (bicyclic) bond motifs is 19. The first-order valence-electron chi connectivity index (χ1n) is 38.9. The number of nitrogens with zero attached hydrogens (tertiary/aromatic N) is 5. The van der Waals surface area contributed by atoms with E-state index in [9.17, 15) is 0 Å². The highest BCUT2D eigenvalue weighted by atomic mass is 15.2. The predicted molar refractivity (Wildman–Crippen MR) is 472 cm³/mol. The summed E-state index contributed by atoms with van der Waals surface area (Å²) in [4.78, 5) is 5.22. The van der Waals surface area contributed by atoms with Crippen LogP contribution < -0.4 is 42.6 Å². The van der Waals surface area contributed by atoms with E-state index in [1.165, 1.54) is 236 Å². The Balaban J connectivity index is 0.656. The summed E-state index contributed by atoms with van der Waals surface area (Å²) in [6.45, 7) is -0.103. The van der Waals surface area contributed by atoms with Gasteiger partial charge in [-0.05, 0) is 224 Å². The SMILES string of the molecule is c1cc2c(c(-c3ccc4c(c3)c3ccccc3n4-c3ccc4c(c3)B3c5cc(-n6c7ccccc7c7ccccc76)ccc5-c5cccc(c53)N4c3ccc4ccc5cccc6ccc3c4c56)c1)-c1cccc3c1B2c1cc(-n2c4ccccc4c4ccccc42)ccc1N3c1ccc2ccc3cccc4ccc1c2c34.